The number of hydrogen-bond acceptors (Lipinski definition) is 4. The van der Waals surface area contributed by atoms with Crippen molar-refractivity contribution in [3.05, 3.63) is 54.1 Å². The molecule has 6 heteroatoms. The van der Waals surface area contributed by atoms with Crippen molar-refractivity contribution in [2.24, 2.45) is 5.73 Å². The fourth-order valence-corrected chi connectivity index (χ4v) is 3.03. The molecule has 0 heterocycles. The average molecular weight is 306 g/mol. The van der Waals surface area contributed by atoms with Crippen LogP contribution < -0.4 is 15.2 Å². The molecular weight excluding hydrogens is 288 g/mol. The van der Waals surface area contributed by atoms with E-state index in [9.17, 15) is 8.42 Å². The molecule has 0 aromatic heterocycles. The summed E-state index contributed by atoms with van der Waals surface area (Å²) in [6.45, 7) is 2.53. The second-order valence-electron chi connectivity index (χ2n) is 4.59. The van der Waals surface area contributed by atoms with Crippen molar-refractivity contribution >= 4 is 15.7 Å². The molecule has 112 valence electrons. The molecule has 2 aromatic carbocycles. The van der Waals surface area contributed by atoms with Gasteiger partial charge in [0, 0.05) is 18.3 Å². The Bertz CT molecular complexity index is 700. The Balaban J connectivity index is 2.29. The van der Waals surface area contributed by atoms with Gasteiger partial charge in [-0.1, -0.05) is 18.2 Å². The maximum atomic E-state index is 12.4. The van der Waals surface area contributed by atoms with Crippen LogP contribution >= 0.6 is 0 Å². The number of para-hydroxylation sites is 1. The fourth-order valence-electron chi connectivity index (χ4n) is 1.85. The summed E-state index contributed by atoms with van der Waals surface area (Å²) in [5.41, 5.74) is 6.71. The topological polar surface area (TPSA) is 81.4 Å². The summed E-state index contributed by atoms with van der Waals surface area (Å²) in [6, 6.07) is 13.6. The number of anilines is 1. The Morgan fingerprint density at radius 3 is 2.52 bits per heavy atom. The summed E-state index contributed by atoms with van der Waals surface area (Å²) in [5.74, 6) is 0.494. The lowest BCUT2D eigenvalue weighted by Gasteiger charge is -2.11. The Kier molecular flexibility index (Phi) is 4.82. The molecule has 0 spiro atoms. The van der Waals surface area contributed by atoms with E-state index >= 15 is 0 Å². The van der Waals surface area contributed by atoms with Crippen LogP contribution in [-0.4, -0.2) is 21.6 Å². The predicted octanol–water partition coefficient (Wildman–Crippen LogP) is 2.13. The van der Waals surface area contributed by atoms with Crippen molar-refractivity contribution < 1.29 is 13.2 Å². The van der Waals surface area contributed by atoms with E-state index in [4.69, 9.17) is 10.5 Å². The largest absolute Gasteiger partial charge is 0.492 e. The SMILES string of the molecule is Cc1cc(OCCN)cc(S(=O)(=O)Nc2ccccc2)c1. The normalized spacial score (nSPS) is 11.1. The van der Waals surface area contributed by atoms with Crippen LogP contribution in [0.25, 0.3) is 0 Å². The maximum absolute atomic E-state index is 12.4. The van der Waals surface area contributed by atoms with Crippen LogP contribution in [0.4, 0.5) is 5.69 Å². The van der Waals surface area contributed by atoms with Gasteiger partial charge < -0.3 is 10.5 Å². The molecule has 0 aliphatic rings. The van der Waals surface area contributed by atoms with Crippen LogP contribution in [0, 0.1) is 6.92 Å². The lowest BCUT2D eigenvalue weighted by Crippen LogP contribution is -2.14. The third-order valence-corrected chi connectivity index (χ3v) is 4.11. The highest BCUT2D eigenvalue weighted by Gasteiger charge is 2.15. The highest BCUT2D eigenvalue weighted by molar-refractivity contribution is 7.92. The molecule has 2 rings (SSSR count). The molecule has 0 bridgehead atoms. The van der Waals surface area contributed by atoms with E-state index in [0.29, 0.717) is 24.6 Å². The number of nitrogens with one attached hydrogen (secondary N) is 1. The number of hydrogen-bond donors (Lipinski definition) is 2. The van der Waals surface area contributed by atoms with Gasteiger partial charge in [-0.2, -0.15) is 0 Å². The van der Waals surface area contributed by atoms with Gasteiger partial charge in [-0.25, -0.2) is 8.42 Å². The van der Waals surface area contributed by atoms with Gasteiger partial charge >= 0.3 is 0 Å². The third-order valence-electron chi connectivity index (χ3n) is 2.75. The summed E-state index contributed by atoms with van der Waals surface area (Å²) < 4.78 is 32.7. The molecule has 21 heavy (non-hydrogen) atoms. The van der Waals surface area contributed by atoms with Crippen LogP contribution in [0.2, 0.25) is 0 Å². The molecule has 0 unspecified atom stereocenters. The second kappa shape index (κ2) is 6.60. The van der Waals surface area contributed by atoms with Crippen molar-refractivity contribution in [2.45, 2.75) is 11.8 Å². The molecule has 0 amide bonds. The van der Waals surface area contributed by atoms with Crippen LogP contribution in [0.5, 0.6) is 5.75 Å². The molecule has 0 atom stereocenters. The molecule has 0 saturated carbocycles. The van der Waals surface area contributed by atoms with Gasteiger partial charge in [0.1, 0.15) is 12.4 Å². The van der Waals surface area contributed by atoms with Crippen molar-refractivity contribution in [1.82, 2.24) is 0 Å². The van der Waals surface area contributed by atoms with Gasteiger partial charge in [-0.05, 0) is 36.8 Å². The first-order valence-electron chi connectivity index (χ1n) is 6.54. The van der Waals surface area contributed by atoms with Gasteiger partial charge in [0.2, 0.25) is 0 Å². The van der Waals surface area contributed by atoms with E-state index < -0.39 is 10.0 Å². The average Bonchev–Trinajstić information content (AvgIpc) is 2.45. The lowest BCUT2D eigenvalue weighted by atomic mass is 10.2. The minimum atomic E-state index is -3.64. The van der Waals surface area contributed by atoms with Gasteiger partial charge in [-0.15, -0.1) is 0 Å². The second-order valence-corrected chi connectivity index (χ2v) is 6.27. The molecular formula is C15H18N2O3S. The van der Waals surface area contributed by atoms with E-state index in [1.165, 1.54) is 6.07 Å². The number of ether oxygens (including phenoxy) is 1. The van der Waals surface area contributed by atoms with Crippen LogP contribution in [0.15, 0.2) is 53.4 Å². The molecule has 0 radical (unpaired) electrons. The first kappa shape index (κ1) is 15.3. The Morgan fingerprint density at radius 1 is 1.14 bits per heavy atom. The third kappa shape index (κ3) is 4.21. The summed E-state index contributed by atoms with van der Waals surface area (Å²) in [5, 5.41) is 0. The number of aryl methyl sites for hydroxylation is 1. The van der Waals surface area contributed by atoms with Crippen molar-refractivity contribution in [3.63, 3.8) is 0 Å². The highest BCUT2D eigenvalue weighted by Crippen LogP contribution is 2.22. The smallest absolute Gasteiger partial charge is 0.262 e. The molecule has 0 saturated heterocycles. The van der Waals surface area contributed by atoms with Gasteiger partial charge in [0.25, 0.3) is 10.0 Å². The molecule has 0 aliphatic heterocycles. The predicted molar refractivity (Wildman–Crippen MR) is 83.0 cm³/mol. The van der Waals surface area contributed by atoms with Crippen LogP contribution in [0.1, 0.15) is 5.56 Å². The fraction of sp³-hybridized carbons (Fsp3) is 0.200. The number of sulfonamides is 1. The standard InChI is InChI=1S/C15H18N2O3S/c1-12-9-14(20-8-7-16)11-15(10-12)21(18,19)17-13-5-3-2-4-6-13/h2-6,9-11,17H,7-8,16H2,1H3. The van der Waals surface area contributed by atoms with E-state index in [-0.39, 0.29) is 4.90 Å². The number of rotatable bonds is 6. The van der Waals surface area contributed by atoms with Crippen LogP contribution in [-0.2, 0) is 10.0 Å². The summed E-state index contributed by atoms with van der Waals surface area (Å²) >= 11 is 0. The summed E-state index contributed by atoms with van der Waals surface area (Å²) in [4.78, 5) is 0.165. The number of benzene rings is 2. The van der Waals surface area contributed by atoms with Crippen molar-refractivity contribution in [1.29, 1.82) is 0 Å². The zero-order valence-electron chi connectivity index (χ0n) is 11.7. The molecule has 5 nitrogen and oxygen atoms in total. The van der Waals surface area contributed by atoms with E-state index in [2.05, 4.69) is 4.72 Å². The zero-order valence-corrected chi connectivity index (χ0v) is 12.6. The Hall–Kier alpha value is -2.05. The summed E-state index contributed by atoms with van der Waals surface area (Å²) in [6.07, 6.45) is 0. The Labute approximate surface area is 124 Å². The van der Waals surface area contributed by atoms with E-state index in [1.54, 1.807) is 36.4 Å². The summed E-state index contributed by atoms with van der Waals surface area (Å²) in [7, 11) is -3.64. The van der Waals surface area contributed by atoms with Crippen LogP contribution in [0.3, 0.4) is 0 Å². The van der Waals surface area contributed by atoms with Gasteiger partial charge in [0.15, 0.2) is 0 Å². The van der Waals surface area contributed by atoms with Crippen molar-refractivity contribution in [3.8, 4) is 5.75 Å². The molecule has 0 aliphatic carbocycles. The quantitative estimate of drug-likeness (QED) is 0.856. The monoisotopic (exact) mass is 306 g/mol. The number of nitrogens with two attached hydrogens (primary N) is 1. The lowest BCUT2D eigenvalue weighted by molar-refractivity contribution is 0.327. The van der Waals surface area contributed by atoms with Crippen molar-refractivity contribution in [2.75, 3.05) is 17.9 Å². The zero-order chi connectivity index (χ0) is 15.3. The van der Waals surface area contributed by atoms with Gasteiger partial charge in [0.05, 0.1) is 4.90 Å². The van der Waals surface area contributed by atoms with E-state index in [1.807, 2.05) is 13.0 Å². The maximum Gasteiger partial charge on any atom is 0.262 e. The minimum Gasteiger partial charge on any atom is -0.492 e. The Morgan fingerprint density at radius 2 is 1.86 bits per heavy atom. The molecule has 0 fully saturated rings. The first-order valence-corrected chi connectivity index (χ1v) is 8.02. The van der Waals surface area contributed by atoms with E-state index in [0.717, 1.165) is 5.56 Å². The highest BCUT2D eigenvalue weighted by atomic mass is 32.2. The van der Waals surface area contributed by atoms with Gasteiger partial charge in [-0.3, -0.25) is 4.72 Å². The minimum absolute atomic E-state index is 0.165. The first-order chi connectivity index (χ1) is 10.0. The molecule has 2 aromatic rings. The molecule has 3 N–H and O–H groups in total.